The molecule has 0 aliphatic carbocycles. The van der Waals surface area contributed by atoms with Crippen molar-refractivity contribution in [2.75, 3.05) is 25.0 Å². The van der Waals surface area contributed by atoms with E-state index < -0.39 is 0 Å². The van der Waals surface area contributed by atoms with Crippen LogP contribution in [-0.2, 0) is 6.54 Å². The van der Waals surface area contributed by atoms with Crippen LogP contribution in [0.15, 0.2) is 24.3 Å². The Morgan fingerprint density at radius 1 is 1.06 bits per heavy atom. The van der Waals surface area contributed by atoms with Gasteiger partial charge in [0.2, 0.25) is 0 Å². The molecule has 0 amide bonds. The van der Waals surface area contributed by atoms with Gasteiger partial charge in [-0.15, -0.1) is 0 Å². The quantitative estimate of drug-likeness (QED) is 0.755. The third kappa shape index (κ3) is 4.34. The molecule has 0 saturated carbocycles. The molecular formula is C16H28N2. The van der Waals surface area contributed by atoms with Gasteiger partial charge in [-0.25, -0.2) is 0 Å². The molecule has 0 radical (unpaired) electrons. The summed E-state index contributed by atoms with van der Waals surface area (Å²) in [6.45, 7) is 10.0. The fourth-order valence-electron chi connectivity index (χ4n) is 2.30. The average molecular weight is 248 g/mol. The van der Waals surface area contributed by atoms with Gasteiger partial charge in [-0.3, -0.25) is 0 Å². The van der Waals surface area contributed by atoms with E-state index in [1.54, 1.807) is 0 Å². The zero-order valence-electron chi connectivity index (χ0n) is 12.4. The summed E-state index contributed by atoms with van der Waals surface area (Å²) in [6, 6.07) is 8.94. The molecule has 1 aromatic rings. The second-order valence-electron chi connectivity index (χ2n) is 4.92. The maximum atomic E-state index is 3.18. The fraction of sp³-hybridized carbons (Fsp3) is 0.625. The molecule has 0 aliphatic heterocycles. The van der Waals surface area contributed by atoms with Gasteiger partial charge in [0.25, 0.3) is 0 Å². The van der Waals surface area contributed by atoms with Crippen LogP contribution in [0.2, 0.25) is 0 Å². The molecule has 0 aliphatic rings. The third-order valence-electron chi connectivity index (χ3n) is 3.70. The molecule has 0 bridgehead atoms. The lowest BCUT2D eigenvalue weighted by Crippen LogP contribution is -2.28. The number of hydrogen-bond donors (Lipinski definition) is 1. The summed E-state index contributed by atoms with van der Waals surface area (Å²) in [5, 5.41) is 3.18. The first-order valence-corrected chi connectivity index (χ1v) is 7.23. The summed E-state index contributed by atoms with van der Waals surface area (Å²) in [4.78, 5) is 2.49. The SMILES string of the molecule is CCC(CC)CN(CC)c1ccc(CNC)cc1. The number of nitrogens with zero attached hydrogens (tertiary/aromatic N) is 1. The lowest BCUT2D eigenvalue weighted by molar-refractivity contribution is 0.486. The van der Waals surface area contributed by atoms with Crippen molar-refractivity contribution < 1.29 is 0 Å². The molecule has 0 heterocycles. The molecular weight excluding hydrogens is 220 g/mol. The van der Waals surface area contributed by atoms with Crippen molar-refractivity contribution >= 4 is 5.69 Å². The van der Waals surface area contributed by atoms with Crippen LogP contribution in [0.3, 0.4) is 0 Å². The number of hydrogen-bond acceptors (Lipinski definition) is 2. The molecule has 2 heteroatoms. The summed E-state index contributed by atoms with van der Waals surface area (Å²) in [6.07, 6.45) is 2.54. The molecule has 0 aromatic heterocycles. The molecule has 0 unspecified atom stereocenters. The number of benzene rings is 1. The highest BCUT2D eigenvalue weighted by molar-refractivity contribution is 5.47. The minimum Gasteiger partial charge on any atom is -0.372 e. The first-order chi connectivity index (χ1) is 8.74. The summed E-state index contributed by atoms with van der Waals surface area (Å²) in [5.74, 6) is 0.807. The van der Waals surface area contributed by atoms with E-state index in [2.05, 4.69) is 55.3 Å². The van der Waals surface area contributed by atoms with E-state index >= 15 is 0 Å². The van der Waals surface area contributed by atoms with Crippen molar-refractivity contribution in [1.82, 2.24) is 5.32 Å². The Morgan fingerprint density at radius 2 is 1.67 bits per heavy atom. The van der Waals surface area contributed by atoms with E-state index in [-0.39, 0.29) is 0 Å². The van der Waals surface area contributed by atoms with Crippen LogP contribution in [0.1, 0.15) is 39.2 Å². The van der Waals surface area contributed by atoms with Gasteiger partial charge in [0.15, 0.2) is 0 Å². The van der Waals surface area contributed by atoms with Crippen LogP contribution < -0.4 is 10.2 Å². The zero-order valence-corrected chi connectivity index (χ0v) is 12.4. The Hall–Kier alpha value is -1.02. The second kappa shape index (κ2) is 8.15. The van der Waals surface area contributed by atoms with Crippen molar-refractivity contribution in [2.24, 2.45) is 5.92 Å². The van der Waals surface area contributed by atoms with Crippen molar-refractivity contribution in [1.29, 1.82) is 0 Å². The maximum Gasteiger partial charge on any atom is 0.0366 e. The summed E-state index contributed by atoms with van der Waals surface area (Å²) in [7, 11) is 1.99. The van der Waals surface area contributed by atoms with Gasteiger partial charge < -0.3 is 10.2 Å². The summed E-state index contributed by atoms with van der Waals surface area (Å²) < 4.78 is 0. The second-order valence-corrected chi connectivity index (χ2v) is 4.92. The Labute approximate surface area is 112 Å². The molecule has 102 valence electrons. The van der Waals surface area contributed by atoms with Crippen LogP contribution in [-0.4, -0.2) is 20.1 Å². The fourth-order valence-corrected chi connectivity index (χ4v) is 2.30. The van der Waals surface area contributed by atoms with Crippen molar-refractivity contribution in [2.45, 2.75) is 40.2 Å². The first kappa shape index (κ1) is 15.0. The number of nitrogens with one attached hydrogen (secondary N) is 1. The standard InChI is InChI=1S/C16H28N2/c1-5-14(6-2)13-18(7-3)16-10-8-15(9-11-16)12-17-4/h8-11,14,17H,5-7,12-13H2,1-4H3. The highest BCUT2D eigenvalue weighted by Crippen LogP contribution is 2.19. The predicted molar refractivity (Wildman–Crippen MR) is 81.2 cm³/mol. The van der Waals surface area contributed by atoms with Gasteiger partial charge in [-0.2, -0.15) is 0 Å². The van der Waals surface area contributed by atoms with Gasteiger partial charge in [-0.1, -0.05) is 38.8 Å². The summed E-state index contributed by atoms with van der Waals surface area (Å²) in [5.41, 5.74) is 2.70. The highest BCUT2D eigenvalue weighted by atomic mass is 15.1. The number of rotatable bonds is 8. The lowest BCUT2D eigenvalue weighted by Gasteiger charge is -2.27. The topological polar surface area (TPSA) is 15.3 Å². The Balaban J connectivity index is 2.69. The molecule has 0 saturated heterocycles. The predicted octanol–water partition coefficient (Wildman–Crippen LogP) is 3.67. The molecule has 0 spiro atoms. The van der Waals surface area contributed by atoms with E-state index in [1.165, 1.54) is 30.6 Å². The minimum atomic E-state index is 0.807. The van der Waals surface area contributed by atoms with Crippen molar-refractivity contribution in [3.8, 4) is 0 Å². The van der Waals surface area contributed by atoms with Crippen LogP contribution in [0, 0.1) is 5.92 Å². The number of anilines is 1. The van der Waals surface area contributed by atoms with Crippen LogP contribution in [0.5, 0.6) is 0 Å². The van der Waals surface area contributed by atoms with Gasteiger partial charge in [0.05, 0.1) is 0 Å². The van der Waals surface area contributed by atoms with E-state index in [9.17, 15) is 0 Å². The van der Waals surface area contributed by atoms with Gasteiger partial charge in [-0.05, 0) is 37.6 Å². The average Bonchev–Trinajstić information content (AvgIpc) is 2.42. The molecule has 2 nitrogen and oxygen atoms in total. The van der Waals surface area contributed by atoms with Gasteiger partial charge >= 0.3 is 0 Å². The highest BCUT2D eigenvalue weighted by Gasteiger charge is 2.10. The van der Waals surface area contributed by atoms with E-state index in [0.29, 0.717) is 0 Å². The molecule has 0 atom stereocenters. The van der Waals surface area contributed by atoms with E-state index in [1.807, 2.05) is 7.05 Å². The van der Waals surface area contributed by atoms with Crippen LogP contribution in [0.4, 0.5) is 5.69 Å². The maximum absolute atomic E-state index is 3.18. The Bertz CT molecular complexity index is 314. The zero-order chi connectivity index (χ0) is 13.4. The lowest BCUT2D eigenvalue weighted by atomic mass is 10.0. The van der Waals surface area contributed by atoms with Crippen molar-refractivity contribution in [3.63, 3.8) is 0 Å². The Kier molecular flexibility index (Phi) is 6.81. The smallest absolute Gasteiger partial charge is 0.0366 e. The molecule has 0 fully saturated rings. The minimum absolute atomic E-state index is 0.807. The molecule has 18 heavy (non-hydrogen) atoms. The first-order valence-electron chi connectivity index (χ1n) is 7.23. The largest absolute Gasteiger partial charge is 0.372 e. The van der Waals surface area contributed by atoms with Crippen molar-refractivity contribution in [3.05, 3.63) is 29.8 Å². The van der Waals surface area contributed by atoms with Gasteiger partial charge in [0.1, 0.15) is 0 Å². The molecule has 1 N–H and O–H groups in total. The van der Waals surface area contributed by atoms with Crippen LogP contribution >= 0.6 is 0 Å². The monoisotopic (exact) mass is 248 g/mol. The van der Waals surface area contributed by atoms with Crippen LogP contribution in [0.25, 0.3) is 0 Å². The Morgan fingerprint density at radius 3 is 2.11 bits per heavy atom. The normalized spacial score (nSPS) is 10.9. The summed E-state index contributed by atoms with van der Waals surface area (Å²) >= 11 is 0. The van der Waals surface area contributed by atoms with E-state index in [4.69, 9.17) is 0 Å². The van der Waals surface area contributed by atoms with E-state index in [0.717, 1.165) is 19.0 Å². The van der Waals surface area contributed by atoms with Gasteiger partial charge in [0, 0.05) is 25.3 Å². The molecule has 1 aromatic carbocycles. The molecule has 1 rings (SSSR count). The third-order valence-corrected chi connectivity index (χ3v) is 3.70.